The van der Waals surface area contributed by atoms with Crippen LogP contribution in [0.1, 0.15) is 27.7 Å². The van der Waals surface area contributed by atoms with Crippen molar-refractivity contribution in [3.63, 3.8) is 0 Å². The van der Waals surface area contributed by atoms with Gasteiger partial charge in [-0.1, -0.05) is 23.5 Å². The molecule has 2 heterocycles. The van der Waals surface area contributed by atoms with E-state index in [0.29, 0.717) is 0 Å². The van der Waals surface area contributed by atoms with Gasteiger partial charge in [0.1, 0.15) is 5.82 Å². The van der Waals surface area contributed by atoms with Crippen molar-refractivity contribution in [2.75, 3.05) is 5.32 Å². The summed E-state index contributed by atoms with van der Waals surface area (Å²) in [6.07, 6.45) is 0. The van der Waals surface area contributed by atoms with Gasteiger partial charge in [0.05, 0.1) is 21.4 Å². The summed E-state index contributed by atoms with van der Waals surface area (Å²) in [5.41, 5.74) is 1.95. The van der Waals surface area contributed by atoms with E-state index in [9.17, 15) is 4.39 Å². The molecular weight excluding hydrogens is 350 g/mol. The Hall–Kier alpha value is -1.96. The van der Waals surface area contributed by atoms with Crippen LogP contribution < -0.4 is 10.8 Å². The maximum Gasteiger partial charge on any atom is 0.494 e. The number of aromatic nitrogens is 1. The molecule has 1 aliphatic heterocycles. The molecule has 26 heavy (non-hydrogen) atoms. The predicted octanol–water partition coefficient (Wildman–Crippen LogP) is 4.48. The summed E-state index contributed by atoms with van der Waals surface area (Å²) in [7, 11) is -0.375. The fourth-order valence-electron chi connectivity index (χ4n) is 2.78. The van der Waals surface area contributed by atoms with E-state index in [1.807, 2.05) is 52.0 Å². The maximum atomic E-state index is 13.3. The molecule has 134 valence electrons. The number of rotatable bonds is 3. The van der Waals surface area contributed by atoms with Gasteiger partial charge in [-0.05, 0) is 63.5 Å². The monoisotopic (exact) mass is 370 g/mol. The highest BCUT2D eigenvalue weighted by atomic mass is 32.1. The number of halogens is 1. The van der Waals surface area contributed by atoms with Crippen LogP contribution in [0.5, 0.6) is 0 Å². The van der Waals surface area contributed by atoms with Gasteiger partial charge in [-0.3, -0.25) is 0 Å². The van der Waals surface area contributed by atoms with Crippen molar-refractivity contribution >= 4 is 45.0 Å². The van der Waals surface area contributed by atoms with E-state index in [4.69, 9.17) is 9.31 Å². The quantitative estimate of drug-likeness (QED) is 0.691. The summed E-state index contributed by atoms with van der Waals surface area (Å²) in [6.45, 7) is 8.16. The lowest BCUT2D eigenvalue weighted by atomic mass is 9.79. The van der Waals surface area contributed by atoms with Crippen molar-refractivity contribution in [3.8, 4) is 0 Å². The first-order chi connectivity index (χ1) is 12.2. The molecule has 1 fully saturated rings. The molecule has 4 rings (SSSR count). The third-order valence-electron chi connectivity index (χ3n) is 5.04. The van der Waals surface area contributed by atoms with Gasteiger partial charge in [-0.2, -0.15) is 0 Å². The Kier molecular flexibility index (Phi) is 4.06. The number of benzene rings is 2. The van der Waals surface area contributed by atoms with Crippen LogP contribution in [0.25, 0.3) is 10.2 Å². The molecule has 7 heteroatoms. The molecule has 0 radical (unpaired) electrons. The number of thiazole rings is 1. The van der Waals surface area contributed by atoms with Crippen molar-refractivity contribution in [3.05, 3.63) is 48.3 Å². The lowest BCUT2D eigenvalue weighted by Crippen LogP contribution is -2.41. The van der Waals surface area contributed by atoms with Crippen molar-refractivity contribution in [2.45, 2.75) is 38.9 Å². The Labute approximate surface area is 156 Å². The van der Waals surface area contributed by atoms with Gasteiger partial charge in [0.15, 0.2) is 5.13 Å². The third-order valence-corrected chi connectivity index (χ3v) is 5.97. The Morgan fingerprint density at radius 1 is 1.00 bits per heavy atom. The van der Waals surface area contributed by atoms with E-state index in [1.165, 1.54) is 23.5 Å². The zero-order chi connectivity index (χ0) is 18.5. The van der Waals surface area contributed by atoms with Crippen molar-refractivity contribution < 1.29 is 13.7 Å². The first kappa shape index (κ1) is 17.5. The zero-order valence-electron chi connectivity index (χ0n) is 15.2. The van der Waals surface area contributed by atoms with E-state index >= 15 is 0 Å². The lowest BCUT2D eigenvalue weighted by molar-refractivity contribution is 0.00578. The number of hydrogen-bond donors (Lipinski definition) is 1. The summed E-state index contributed by atoms with van der Waals surface area (Å²) in [6, 6.07) is 12.5. The lowest BCUT2D eigenvalue weighted by Gasteiger charge is -2.32. The Morgan fingerprint density at radius 3 is 2.31 bits per heavy atom. The van der Waals surface area contributed by atoms with E-state index in [2.05, 4.69) is 10.3 Å². The second-order valence-electron chi connectivity index (χ2n) is 7.47. The molecule has 1 saturated heterocycles. The van der Waals surface area contributed by atoms with Gasteiger partial charge in [0.2, 0.25) is 0 Å². The largest absolute Gasteiger partial charge is 0.494 e. The van der Waals surface area contributed by atoms with E-state index in [0.717, 1.165) is 26.5 Å². The summed E-state index contributed by atoms with van der Waals surface area (Å²) in [5.74, 6) is -0.250. The molecule has 0 bridgehead atoms. The SMILES string of the molecule is CC1(C)OB(c2ccc(Nc3nc4ccc(F)cc4s3)cc2)OC1(C)C. The van der Waals surface area contributed by atoms with Crippen LogP contribution in [0.3, 0.4) is 0 Å². The highest BCUT2D eigenvalue weighted by Gasteiger charge is 2.51. The molecule has 0 amide bonds. The fourth-order valence-corrected chi connectivity index (χ4v) is 3.69. The molecule has 4 nitrogen and oxygen atoms in total. The van der Waals surface area contributed by atoms with Gasteiger partial charge in [0, 0.05) is 5.69 Å². The van der Waals surface area contributed by atoms with Crippen LogP contribution in [0.4, 0.5) is 15.2 Å². The molecule has 0 unspecified atom stereocenters. The van der Waals surface area contributed by atoms with Crippen LogP contribution in [0.15, 0.2) is 42.5 Å². The van der Waals surface area contributed by atoms with E-state index < -0.39 is 0 Å². The Morgan fingerprint density at radius 2 is 1.65 bits per heavy atom. The fraction of sp³-hybridized carbons (Fsp3) is 0.316. The normalized spacial score (nSPS) is 18.4. The van der Waals surface area contributed by atoms with Crippen molar-refractivity contribution in [1.29, 1.82) is 0 Å². The molecule has 1 aliphatic rings. The van der Waals surface area contributed by atoms with E-state index in [-0.39, 0.29) is 24.1 Å². The second-order valence-corrected chi connectivity index (χ2v) is 8.50. The first-order valence-corrected chi connectivity index (χ1v) is 9.34. The summed E-state index contributed by atoms with van der Waals surface area (Å²) in [5, 5.41) is 4.00. The molecule has 3 aromatic rings. The van der Waals surface area contributed by atoms with Crippen LogP contribution in [-0.4, -0.2) is 23.3 Å². The third kappa shape index (κ3) is 3.11. The van der Waals surface area contributed by atoms with Gasteiger partial charge in [0.25, 0.3) is 0 Å². The van der Waals surface area contributed by atoms with Crippen LogP contribution in [-0.2, 0) is 9.31 Å². The standard InChI is InChI=1S/C19H20BFN2O2S/c1-18(2)19(3,4)25-20(24-18)12-5-8-14(9-6-12)22-17-23-15-10-7-13(21)11-16(15)26-17/h5-11H,1-4H3,(H,22,23). The molecule has 0 saturated carbocycles. The second kappa shape index (κ2) is 6.04. The molecule has 1 aromatic heterocycles. The minimum absolute atomic E-state index is 0.250. The zero-order valence-corrected chi connectivity index (χ0v) is 16.0. The van der Waals surface area contributed by atoms with Crippen LogP contribution in [0.2, 0.25) is 0 Å². The summed E-state index contributed by atoms with van der Waals surface area (Å²) < 4.78 is 26.3. The highest BCUT2D eigenvalue weighted by molar-refractivity contribution is 7.22. The molecule has 0 atom stereocenters. The van der Waals surface area contributed by atoms with Gasteiger partial charge < -0.3 is 14.6 Å². The van der Waals surface area contributed by atoms with Crippen molar-refractivity contribution in [1.82, 2.24) is 4.98 Å². The number of hydrogen-bond acceptors (Lipinski definition) is 5. The number of anilines is 2. The molecule has 0 spiro atoms. The van der Waals surface area contributed by atoms with Gasteiger partial charge in [-0.25, -0.2) is 9.37 Å². The molecule has 2 aromatic carbocycles. The molecular formula is C19H20BFN2O2S. The van der Waals surface area contributed by atoms with Gasteiger partial charge >= 0.3 is 7.12 Å². The van der Waals surface area contributed by atoms with Crippen LogP contribution >= 0.6 is 11.3 Å². The predicted molar refractivity (Wildman–Crippen MR) is 105 cm³/mol. The number of nitrogens with zero attached hydrogens (tertiary/aromatic N) is 1. The average Bonchev–Trinajstić information content (AvgIpc) is 3.04. The summed E-state index contributed by atoms with van der Waals surface area (Å²) in [4.78, 5) is 4.48. The van der Waals surface area contributed by atoms with Crippen LogP contribution in [0, 0.1) is 5.82 Å². The maximum absolute atomic E-state index is 13.3. The Bertz CT molecular complexity index is 940. The smallest absolute Gasteiger partial charge is 0.399 e. The average molecular weight is 370 g/mol. The minimum Gasteiger partial charge on any atom is -0.399 e. The summed E-state index contributed by atoms with van der Waals surface area (Å²) >= 11 is 1.42. The first-order valence-electron chi connectivity index (χ1n) is 8.52. The molecule has 0 aliphatic carbocycles. The minimum atomic E-state index is -0.375. The highest BCUT2D eigenvalue weighted by Crippen LogP contribution is 2.36. The topological polar surface area (TPSA) is 43.4 Å². The van der Waals surface area contributed by atoms with Gasteiger partial charge in [-0.15, -0.1) is 0 Å². The van der Waals surface area contributed by atoms with Crippen molar-refractivity contribution in [2.24, 2.45) is 0 Å². The molecule has 1 N–H and O–H groups in total. The van der Waals surface area contributed by atoms with E-state index in [1.54, 1.807) is 6.07 Å². The number of nitrogens with one attached hydrogen (secondary N) is 1. The Balaban J connectivity index is 1.51. The number of fused-ring (bicyclic) bond motifs is 1.